The smallest absolute Gasteiger partial charge is 0.0506 e. The van der Waals surface area contributed by atoms with Crippen molar-refractivity contribution in [3.8, 4) is 0 Å². The molecule has 1 aliphatic rings. The Hall–Kier alpha value is -0.380. The third kappa shape index (κ3) is 3.08. The highest BCUT2D eigenvalue weighted by Crippen LogP contribution is 2.12. The molecule has 0 aliphatic carbocycles. The third-order valence-electron chi connectivity index (χ3n) is 2.60. The molecule has 0 amide bonds. The monoisotopic (exact) mass is 211 g/mol. The lowest BCUT2D eigenvalue weighted by Crippen LogP contribution is -2.28. The molecule has 1 aromatic rings. The topological polar surface area (TPSA) is 21.3 Å². The van der Waals surface area contributed by atoms with E-state index in [1.165, 1.54) is 18.4 Å². The second kappa shape index (κ2) is 5.49. The van der Waals surface area contributed by atoms with E-state index in [0.717, 1.165) is 32.2 Å². The molecule has 1 atom stereocenters. The summed E-state index contributed by atoms with van der Waals surface area (Å²) in [5.74, 6) is 0.724. The molecular weight excluding hydrogens is 194 g/mol. The number of thiophene rings is 1. The molecule has 2 rings (SSSR count). The first-order valence-electron chi connectivity index (χ1n) is 5.24. The predicted molar refractivity (Wildman–Crippen MR) is 59.6 cm³/mol. The van der Waals surface area contributed by atoms with E-state index in [4.69, 9.17) is 4.74 Å². The summed E-state index contributed by atoms with van der Waals surface area (Å²) >= 11 is 1.76. The number of ether oxygens (including phenoxy) is 1. The molecule has 0 saturated carbocycles. The molecule has 1 saturated heterocycles. The summed E-state index contributed by atoms with van der Waals surface area (Å²) in [6, 6.07) is 2.18. The molecule has 14 heavy (non-hydrogen) atoms. The third-order valence-corrected chi connectivity index (χ3v) is 3.33. The van der Waals surface area contributed by atoms with E-state index in [9.17, 15) is 0 Å². The van der Waals surface area contributed by atoms with Crippen molar-refractivity contribution in [1.82, 2.24) is 5.32 Å². The summed E-state index contributed by atoms with van der Waals surface area (Å²) in [4.78, 5) is 0. The van der Waals surface area contributed by atoms with Crippen molar-refractivity contribution < 1.29 is 4.74 Å². The van der Waals surface area contributed by atoms with Crippen LogP contribution in [0.3, 0.4) is 0 Å². The van der Waals surface area contributed by atoms with Gasteiger partial charge in [-0.1, -0.05) is 0 Å². The fraction of sp³-hybridized carbons (Fsp3) is 0.636. The SMILES string of the molecule is c1cc(CNCC2CCCOC2)cs1. The molecule has 0 spiro atoms. The molecule has 1 unspecified atom stereocenters. The lowest BCUT2D eigenvalue weighted by Gasteiger charge is -2.22. The van der Waals surface area contributed by atoms with Gasteiger partial charge in [-0.2, -0.15) is 11.3 Å². The lowest BCUT2D eigenvalue weighted by molar-refractivity contribution is 0.0547. The molecule has 2 nitrogen and oxygen atoms in total. The van der Waals surface area contributed by atoms with E-state index < -0.39 is 0 Å². The molecule has 0 aromatic carbocycles. The maximum atomic E-state index is 5.43. The molecule has 2 heterocycles. The van der Waals surface area contributed by atoms with Crippen molar-refractivity contribution in [1.29, 1.82) is 0 Å². The Morgan fingerprint density at radius 2 is 2.57 bits per heavy atom. The largest absolute Gasteiger partial charge is 0.381 e. The van der Waals surface area contributed by atoms with Crippen LogP contribution in [-0.4, -0.2) is 19.8 Å². The van der Waals surface area contributed by atoms with E-state index in [1.807, 2.05) is 0 Å². The Labute approximate surface area is 89.3 Å². The van der Waals surface area contributed by atoms with Gasteiger partial charge in [-0.05, 0) is 41.1 Å². The van der Waals surface area contributed by atoms with E-state index >= 15 is 0 Å². The van der Waals surface area contributed by atoms with Gasteiger partial charge in [-0.25, -0.2) is 0 Å². The van der Waals surface area contributed by atoms with E-state index in [1.54, 1.807) is 11.3 Å². The second-order valence-corrected chi connectivity index (χ2v) is 4.63. The van der Waals surface area contributed by atoms with Gasteiger partial charge in [0.1, 0.15) is 0 Å². The van der Waals surface area contributed by atoms with Gasteiger partial charge in [-0.3, -0.25) is 0 Å². The highest BCUT2D eigenvalue weighted by Gasteiger charge is 2.12. The zero-order chi connectivity index (χ0) is 9.64. The Bertz CT molecular complexity index is 242. The zero-order valence-corrected chi connectivity index (χ0v) is 9.19. The summed E-state index contributed by atoms with van der Waals surface area (Å²) in [5.41, 5.74) is 1.40. The van der Waals surface area contributed by atoms with Gasteiger partial charge in [0, 0.05) is 19.7 Å². The standard InChI is InChI=1S/C11H17NOS/c1-2-10(8-13-4-1)6-12-7-11-3-5-14-9-11/h3,5,9-10,12H,1-2,4,6-8H2. The molecule has 3 heteroatoms. The first kappa shape index (κ1) is 10.1. The van der Waals surface area contributed by atoms with Crippen molar-refractivity contribution in [2.24, 2.45) is 5.92 Å². The van der Waals surface area contributed by atoms with Crippen LogP contribution >= 0.6 is 11.3 Å². The lowest BCUT2D eigenvalue weighted by atomic mass is 10.0. The summed E-state index contributed by atoms with van der Waals surface area (Å²) in [6.45, 7) is 3.99. The van der Waals surface area contributed by atoms with Crippen LogP contribution in [0, 0.1) is 5.92 Å². The maximum absolute atomic E-state index is 5.43. The van der Waals surface area contributed by atoms with Crippen LogP contribution in [-0.2, 0) is 11.3 Å². The Kier molecular flexibility index (Phi) is 3.98. The minimum atomic E-state index is 0.724. The quantitative estimate of drug-likeness (QED) is 0.825. The van der Waals surface area contributed by atoms with Crippen molar-refractivity contribution in [3.05, 3.63) is 22.4 Å². The van der Waals surface area contributed by atoms with Crippen LogP contribution < -0.4 is 5.32 Å². The maximum Gasteiger partial charge on any atom is 0.0506 e. The molecule has 78 valence electrons. The Morgan fingerprint density at radius 1 is 1.57 bits per heavy atom. The van der Waals surface area contributed by atoms with Crippen molar-refractivity contribution in [2.45, 2.75) is 19.4 Å². The first-order valence-corrected chi connectivity index (χ1v) is 6.19. The van der Waals surface area contributed by atoms with E-state index in [2.05, 4.69) is 22.1 Å². The van der Waals surface area contributed by atoms with Gasteiger partial charge in [0.25, 0.3) is 0 Å². The molecule has 1 aromatic heterocycles. The van der Waals surface area contributed by atoms with Gasteiger partial charge in [0.15, 0.2) is 0 Å². The minimum Gasteiger partial charge on any atom is -0.381 e. The number of hydrogen-bond acceptors (Lipinski definition) is 3. The van der Waals surface area contributed by atoms with Crippen LogP contribution in [0.2, 0.25) is 0 Å². The molecular formula is C11H17NOS. The van der Waals surface area contributed by atoms with Crippen LogP contribution in [0.25, 0.3) is 0 Å². The summed E-state index contributed by atoms with van der Waals surface area (Å²) in [5, 5.41) is 7.81. The van der Waals surface area contributed by atoms with Crippen molar-refractivity contribution in [2.75, 3.05) is 19.8 Å². The normalized spacial score (nSPS) is 22.4. The van der Waals surface area contributed by atoms with E-state index in [0.29, 0.717) is 0 Å². The second-order valence-electron chi connectivity index (χ2n) is 3.85. The molecule has 0 radical (unpaired) electrons. The fourth-order valence-electron chi connectivity index (χ4n) is 1.78. The van der Waals surface area contributed by atoms with Crippen LogP contribution in [0.1, 0.15) is 18.4 Å². The van der Waals surface area contributed by atoms with Gasteiger partial charge in [-0.15, -0.1) is 0 Å². The predicted octanol–water partition coefficient (Wildman–Crippen LogP) is 2.26. The summed E-state index contributed by atoms with van der Waals surface area (Å²) in [6.07, 6.45) is 2.54. The number of nitrogens with one attached hydrogen (secondary N) is 1. The van der Waals surface area contributed by atoms with E-state index in [-0.39, 0.29) is 0 Å². The molecule has 0 bridgehead atoms. The Balaban J connectivity index is 1.62. The highest BCUT2D eigenvalue weighted by molar-refractivity contribution is 7.07. The molecule has 1 aliphatic heterocycles. The molecule has 1 N–H and O–H groups in total. The zero-order valence-electron chi connectivity index (χ0n) is 8.37. The van der Waals surface area contributed by atoms with Gasteiger partial charge in [0.05, 0.1) is 6.61 Å². The van der Waals surface area contributed by atoms with Crippen LogP contribution in [0.5, 0.6) is 0 Å². The average Bonchev–Trinajstić information content (AvgIpc) is 2.72. The van der Waals surface area contributed by atoms with Crippen LogP contribution in [0.15, 0.2) is 16.8 Å². The van der Waals surface area contributed by atoms with Gasteiger partial charge in [0.2, 0.25) is 0 Å². The summed E-state index contributed by atoms with van der Waals surface area (Å²) < 4.78 is 5.43. The molecule has 1 fully saturated rings. The highest BCUT2D eigenvalue weighted by atomic mass is 32.1. The fourth-order valence-corrected chi connectivity index (χ4v) is 2.45. The van der Waals surface area contributed by atoms with Crippen molar-refractivity contribution in [3.63, 3.8) is 0 Å². The average molecular weight is 211 g/mol. The number of rotatable bonds is 4. The first-order chi connectivity index (χ1) is 6.95. The van der Waals surface area contributed by atoms with Gasteiger partial charge >= 0.3 is 0 Å². The van der Waals surface area contributed by atoms with Gasteiger partial charge < -0.3 is 10.1 Å². The Morgan fingerprint density at radius 3 is 3.29 bits per heavy atom. The minimum absolute atomic E-state index is 0.724. The van der Waals surface area contributed by atoms with Crippen molar-refractivity contribution >= 4 is 11.3 Å². The van der Waals surface area contributed by atoms with Crippen LogP contribution in [0.4, 0.5) is 0 Å². The summed E-state index contributed by atoms with van der Waals surface area (Å²) in [7, 11) is 0. The number of hydrogen-bond donors (Lipinski definition) is 1.